The molecule has 1 atom stereocenters. The van der Waals surface area contributed by atoms with Gasteiger partial charge in [0.15, 0.2) is 0 Å². The van der Waals surface area contributed by atoms with E-state index in [4.69, 9.17) is 5.73 Å². The molecule has 0 aliphatic heterocycles. The molecular weight excluding hydrogens is 138 g/mol. The number of phenols is 1. The van der Waals surface area contributed by atoms with Crippen LogP contribution in [0.1, 0.15) is 24.1 Å². The molecule has 0 unspecified atom stereocenters. The summed E-state index contributed by atoms with van der Waals surface area (Å²) in [5.74, 6) is 0.319. The standard InChI is InChI=1S/C9H13NO/c1-6-8(7(2)10)4-3-5-9(6)11/h3-5,7,11H,10H2,1-2H3/t7-/m1/s1. The van der Waals surface area contributed by atoms with Gasteiger partial charge >= 0.3 is 0 Å². The molecule has 0 spiro atoms. The Morgan fingerprint density at radius 2 is 2.09 bits per heavy atom. The van der Waals surface area contributed by atoms with Crippen molar-refractivity contribution >= 4 is 0 Å². The number of phenolic OH excluding ortho intramolecular Hbond substituents is 1. The minimum Gasteiger partial charge on any atom is -0.508 e. The van der Waals surface area contributed by atoms with Gasteiger partial charge in [0, 0.05) is 6.04 Å². The van der Waals surface area contributed by atoms with Crippen LogP contribution in [-0.4, -0.2) is 5.11 Å². The average molecular weight is 151 g/mol. The van der Waals surface area contributed by atoms with E-state index in [1.807, 2.05) is 19.9 Å². The third kappa shape index (κ3) is 1.52. The molecule has 1 aromatic rings. The van der Waals surface area contributed by atoms with Crippen LogP contribution in [0.5, 0.6) is 5.75 Å². The molecule has 0 saturated carbocycles. The monoisotopic (exact) mass is 151 g/mol. The summed E-state index contributed by atoms with van der Waals surface area (Å²) < 4.78 is 0. The van der Waals surface area contributed by atoms with E-state index in [-0.39, 0.29) is 6.04 Å². The first-order chi connectivity index (χ1) is 5.13. The first-order valence-electron chi connectivity index (χ1n) is 3.67. The van der Waals surface area contributed by atoms with Gasteiger partial charge in [-0.1, -0.05) is 12.1 Å². The van der Waals surface area contributed by atoms with Crippen molar-refractivity contribution in [2.24, 2.45) is 5.73 Å². The van der Waals surface area contributed by atoms with E-state index in [9.17, 15) is 5.11 Å². The predicted molar refractivity (Wildman–Crippen MR) is 45.4 cm³/mol. The molecule has 0 bridgehead atoms. The van der Waals surface area contributed by atoms with Gasteiger partial charge in [-0.3, -0.25) is 0 Å². The smallest absolute Gasteiger partial charge is 0.118 e. The summed E-state index contributed by atoms with van der Waals surface area (Å²) >= 11 is 0. The Labute approximate surface area is 66.7 Å². The zero-order valence-corrected chi connectivity index (χ0v) is 6.83. The Kier molecular flexibility index (Phi) is 2.15. The highest BCUT2D eigenvalue weighted by Crippen LogP contribution is 2.23. The van der Waals surface area contributed by atoms with Crippen LogP contribution in [0, 0.1) is 6.92 Å². The third-order valence-corrected chi connectivity index (χ3v) is 1.84. The molecule has 0 heterocycles. The second-order valence-electron chi connectivity index (χ2n) is 2.78. The molecule has 0 aromatic heterocycles. The largest absolute Gasteiger partial charge is 0.508 e. The molecule has 11 heavy (non-hydrogen) atoms. The van der Waals surface area contributed by atoms with Gasteiger partial charge in [-0.2, -0.15) is 0 Å². The number of nitrogens with two attached hydrogens (primary N) is 1. The van der Waals surface area contributed by atoms with Crippen molar-refractivity contribution in [1.29, 1.82) is 0 Å². The van der Waals surface area contributed by atoms with Crippen molar-refractivity contribution in [3.63, 3.8) is 0 Å². The number of hydrogen-bond donors (Lipinski definition) is 2. The molecule has 2 heteroatoms. The third-order valence-electron chi connectivity index (χ3n) is 1.84. The highest BCUT2D eigenvalue weighted by Gasteiger charge is 2.05. The molecule has 60 valence electrons. The Hall–Kier alpha value is -1.02. The Bertz CT molecular complexity index is 256. The maximum atomic E-state index is 9.29. The number of hydrogen-bond acceptors (Lipinski definition) is 2. The van der Waals surface area contributed by atoms with Gasteiger partial charge in [0.1, 0.15) is 5.75 Å². The number of aromatic hydroxyl groups is 1. The summed E-state index contributed by atoms with van der Waals surface area (Å²) in [4.78, 5) is 0. The fourth-order valence-electron chi connectivity index (χ4n) is 1.13. The van der Waals surface area contributed by atoms with E-state index in [1.165, 1.54) is 0 Å². The molecule has 0 fully saturated rings. The van der Waals surface area contributed by atoms with Gasteiger partial charge in [-0.25, -0.2) is 0 Å². The lowest BCUT2D eigenvalue weighted by Crippen LogP contribution is -2.06. The molecule has 0 aliphatic rings. The van der Waals surface area contributed by atoms with Crippen molar-refractivity contribution in [2.45, 2.75) is 19.9 Å². The van der Waals surface area contributed by atoms with E-state index < -0.39 is 0 Å². The van der Waals surface area contributed by atoms with Crippen LogP contribution in [0.3, 0.4) is 0 Å². The molecule has 0 amide bonds. The molecular formula is C9H13NO. The van der Waals surface area contributed by atoms with Crippen molar-refractivity contribution in [2.75, 3.05) is 0 Å². The van der Waals surface area contributed by atoms with Gasteiger partial charge in [0.05, 0.1) is 0 Å². The maximum Gasteiger partial charge on any atom is 0.118 e. The van der Waals surface area contributed by atoms with Gasteiger partial charge in [0.25, 0.3) is 0 Å². The van der Waals surface area contributed by atoms with Crippen molar-refractivity contribution in [3.05, 3.63) is 29.3 Å². The highest BCUT2D eigenvalue weighted by molar-refractivity contribution is 5.39. The zero-order valence-electron chi connectivity index (χ0n) is 6.83. The number of benzene rings is 1. The van der Waals surface area contributed by atoms with Crippen LogP contribution in [0.2, 0.25) is 0 Å². The van der Waals surface area contributed by atoms with Gasteiger partial charge in [-0.15, -0.1) is 0 Å². The minimum absolute atomic E-state index is 0.0119. The molecule has 3 N–H and O–H groups in total. The van der Waals surface area contributed by atoms with E-state index in [0.29, 0.717) is 5.75 Å². The summed E-state index contributed by atoms with van der Waals surface area (Å²) in [6.45, 7) is 3.77. The normalized spacial score (nSPS) is 13.0. The molecule has 2 nitrogen and oxygen atoms in total. The summed E-state index contributed by atoms with van der Waals surface area (Å²) in [6.07, 6.45) is 0. The fraction of sp³-hybridized carbons (Fsp3) is 0.333. The summed E-state index contributed by atoms with van der Waals surface area (Å²) in [6, 6.07) is 5.39. The number of rotatable bonds is 1. The van der Waals surface area contributed by atoms with E-state index in [2.05, 4.69) is 0 Å². The minimum atomic E-state index is -0.0119. The first kappa shape index (κ1) is 8.08. The molecule has 1 rings (SSSR count). The second kappa shape index (κ2) is 2.93. The van der Waals surface area contributed by atoms with E-state index >= 15 is 0 Å². The quantitative estimate of drug-likeness (QED) is 0.642. The van der Waals surface area contributed by atoms with E-state index in [0.717, 1.165) is 11.1 Å². The molecule has 1 aromatic carbocycles. The lowest BCUT2D eigenvalue weighted by Gasteiger charge is -2.09. The highest BCUT2D eigenvalue weighted by atomic mass is 16.3. The molecule has 0 aliphatic carbocycles. The van der Waals surface area contributed by atoms with Crippen LogP contribution in [0.25, 0.3) is 0 Å². The fourth-order valence-corrected chi connectivity index (χ4v) is 1.13. The van der Waals surface area contributed by atoms with Crippen LogP contribution in [0.4, 0.5) is 0 Å². The molecule has 0 saturated heterocycles. The second-order valence-corrected chi connectivity index (χ2v) is 2.78. The Morgan fingerprint density at radius 3 is 2.55 bits per heavy atom. The van der Waals surface area contributed by atoms with Crippen LogP contribution >= 0.6 is 0 Å². The average Bonchev–Trinajstić information content (AvgIpc) is 1.94. The Balaban J connectivity index is 3.17. The van der Waals surface area contributed by atoms with Crippen LogP contribution in [-0.2, 0) is 0 Å². The topological polar surface area (TPSA) is 46.2 Å². The maximum absolute atomic E-state index is 9.29. The van der Waals surface area contributed by atoms with Gasteiger partial charge in [-0.05, 0) is 31.0 Å². The van der Waals surface area contributed by atoms with Crippen LogP contribution < -0.4 is 5.73 Å². The van der Waals surface area contributed by atoms with Gasteiger partial charge < -0.3 is 10.8 Å². The lowest BCUT2D eigenvalue weighted by atomic mass is 10.0. The lowest BCUT2D eigenvalue weighted by molar-refractivity contribution is 0.469. The zero-order chi connectivity index (χ0) is 8.43. The summed E-state index contributed by atoms with van der Waals surface area (Å²) in [5, 5.41) is 9.29. The van der Waals surface area contributed by atoms with Crippen molar-refractivity contribution < 1.29 is 5.11 Å². The summed E-state index contributed by atoms with van der Waals surface area (Å²) in [5.41, 5.74) is 7.55. The van der Waals surface area contributed by atoms with Crippen molar-refractivity contribution in [3.8, 4) is 5.75 Å². The first-order valence-corrected chi connectivity index (χ1v) is 3.67. The Morgan fingerprint density at radius 1 is 1.45 bits per heavy atom. The summed E-state index contributed by atoms with van der Waals surface area (Å²) in [7, 11) is 0. The van der Waals surface area contributed by atoms with Crippen molar-refractivity contribution in [1.82, 2.24) is 0 Å². The van der Waals surface area contributed by atoms with Gasteiger partial charge in [0.2, 0.25) is 0 Å². The van der Waals surface area contributed by atoms with Crippen LogP contribution in [0.15, 0.2) is 18.2 Å². The predicted octanol–water partition coefficient (Wildman–Crippen LogP) is 1.72. The SMILES string of the molecule is Cc1c(O)cccc1[C@@H](C)N. The molecule has 0 radical (unpaired) electrons. The van der Waals surface area contributed by atoms with E-state index in [1.54, 1.807) is 12.1 Å².